The molecule has 1 aliphatic heterocycles. The number of fused-ring (bicyclic) bond motifs is 1. The van der Waals surface area contributed by atoms with E-state index < -0.39 is 0 Å². The van der Waals surface area contributed by atoms with E-state index in [1.54, 1.807) is 30.8 Å². The molecule has 3 atom stereocenters. The molecule has 3 unspecified atom stereocenters. The Morgan fingerprint density at radius 3 is 3.00 bits per heavy atom. The molecule has 0 radical (unpaired) electrons. The highest BCUT2D eigenvalue weighted by Gasteiger charge is 2.36. The van der Waals surface area contributed by atoms with Gasteiger partial charge in [-0.1, -0.05) is 12.2 Å². The van der Waals surface area contributed by atoms with Gasteiger partial charge in [-0.3, -0.25) is 14.6 Å². The van der Waals surface area contributed by atoms with Crippen LogP contribution in [0.2, 0.25) is 0 Å². The maximum absolute atomic E-state index is 13.2. The molecule has 0 aromatic carbocycles. The average Bonchev–Trinajstić information content (AvgIpc) is 3.22. The van der Waals surface area contributed by atoms with Gasteiger partial charge in [-0.2, -0.15) is 0 Å². The third kappa shape index (κ3) is 3.84. The number of Topliss-reactive ketones (excluding diaryl/α,β-unsaturated/α-hetero) is 1. The van der Waals surface area contributed by atoms with Gasteiger partial charge in [0, 0.05) is 47.8 Å². The molecule has 5 nitrogen and oxygen atoms in total. The first kappa shape index (κ1) is 18.4. The summed E-state index contributed by atoms with van der Waals surface area (Å²) in [4.78, 5) is 30.0. The van der Waals surface area contributed by atoms with Gasteiger partial charge in [0.25, 0.3) is 0 Å². The van der Waals surface area contributed by atoms with Crippen LogP contribution in [0.3, 0.4) is 0 Å². The van der Waals surface area contributed by atoms with E-state index in [-0.39, 0.29) is 23.5 Å². The minimum Gasteiger partial charge on any atom is -0.469 e. The molecule has 0 bridgehead atoms. The minimum absolute atomic E-state index is 0.0124. The van der Waals surface area contributed by atoms with Crippen LogP contribution in [-0.4, -0.2) is 16.7 Å². The fraction of sp³-hybridized carbons (Fsp3) is 0.348. The molecule has 1 amide bonds. The van der Waals surface area contributed by atoms with Gasteiger partial charge >= 0.3 is 0 Å². The van der Waals surface area contributed by atoms with E-state index in [0.29, 0.717) is 24.3 Å². The van der Waals surface area contributed by atoms with Crippen molar-refractivity contribution < 1.29 is 14.0 Å². The van der Waals surface area contributed by atoms with E-state index in [0.717, 1.165) is 29.9 Å². The summed E-state index contributed by atoms with van der Waals surface area (Å²) >= 11 is 0. The van der Waals surface area contributed by atoms with Crippen LogP contribution < -0.4 is 5.32 Å². The van der Waals surface area contributed by atoms with Crippen LogP contribution >= 0.6 is 0 Å². The Kier molecular flexibility index (Phi) is 5.24. The zero-order valence-corrected chi connectivity index (χ0v) is 15.9. The smallest absolute Gasteiger partial charge is 0.227 e. The van der Waals surface area contributed by atoms with E-state index in [2.05, 4.69) is 22.5 Å². The third-order valence-corrected chi connectivity index (χ3v) is 5.73. The molecule has 5 heteroatoms. The zero-order valence-electron chi connectivity index (χ0n) is 15.9. The van der Waals surface area contributed by atoms with Crippen molar-refractivity contribution in [2.45, 2.75) is 32.6 Å². The first-order chi connectivity index (χ1) is 13.6. The standard InChI is InChI=1S/C23H24N2O3/c1-15-5-2-6-16-11-19(23(27)25-21(15)16)12-18(13-20-8-4-10-28-20)22(26)17-7-3-9-24-14-17/h2-5,7-10,14,16,18-19H,6,11-13H2,1H3,(H,25,27). The van der Waals surface area contributed by atoms with Gasteiger partial charge in [0.05, 0.1) is 6.26 Å². The van der Waals surface area contributed by atoms with Crippen LogP contribution in [-0.2, 0) is 11.2 Å². The molecule has 1 N–H and O–H groups in total. The molecule has 4 rings (SSSR count). The SMILES string of the molecule is CC1=C2NC(=O)C(CC(Cc3ccco3)C(=O)c3cccnc3)CC2CC=C1. The summed E-state index contributed by atoms with van der Waals surface area (Å²) < 4.78 is 5.48. The summed E-state index contributed by atoms with van der Waals surface area (Å²) in [6.07, 6.45) is 11.8. The maximum atomic E-state index is 13.2. The lowest BCUT2D eigenvalue weighted by Gasteiger charge is -2.35. The second kappa shape index (κ2) is 7.97. The van der Waals surface area contributed by atoms with Crippen molar-refractivity contribution in [3.05, 3.63) is 77.7 Å². The van der Waals surface area contributed by atoms with Gasteiger partial charge in [-0.05, 0) is 56.0 Å². The maximum Gasteiger partial charge on any atom is 0.227 e. The van der Waals surface area contributed by atoms with Gasteiger partial charge < -0.3 is 9.73 Å². The Bertz CT molecular complexity index is 913. The lowest BCUT2D eigenvalue weighted by molar-refractivity contribution is -0.126. The molecule has 2 aromatic rings. The van der Waals surface area contributed by atoms with E-state index in [1.807, 2.05) is 19.1 Å². The van der Waals surface area contributed by atoms with Crippen LogP contribution in [0, 0.1) is 17.8 Å². The van der Waals surface area contributed by atoms with Gasteiger partial charge in [0.1, 0.15) is 5.76 Å². The van der Waals surface area contributed by atoms with E-state index in [1.165, 1.54) is 0 Å². The fourth-order valence-corrected chi connectivity index (χ4v) is 4.28. The second-order valence-electron chi connectivity index (χ2n) is 7.68. The Hall–Kier alpha value is -2.95. The molecule has 2 aliphatic rings. The van der Waals surface area contributed by atoms with Crippen LogP contribution in [0.1, 0.15) is 42.3 Å². The number of amides is 1. The van der Waals surface area contributed by atoms with Crippen LogP contribution in [0.25, 0.3) is 0 Å². The summed E-state index contributed by atoms with van der Waals surface area (Å²) in [7, 11) is 0. The second-order valence-corrected chi connectivity index (χ2v) is 7.68. The number of aromatic nitrogens is 1. The molecule has 1 fully saturated rings. The van der Waals surface area contributed by atoms with Crippen molar-refractivity contribution in [3.63, 3.8) is 0 Å². The quantitative estimate of drug-likeness (QED) is 0.771. The summed E-state index contributed by atoms with van der Waals surface area (Å²) in [6.45, 7) is 2.03. The molecule has 144 valence electrons. The largest absolute Gasteiger partial charge is 0.469 e. The highest BCUT2D eigenvalue weighted by Crippen LogP contribution is 2.36. The van der Waals surface area contributed by atoms with Crippen molar-refractivity contribution >= 4 is 11.7 Å². The molecule has 1 aliphatic carbocycles. The number of furan rings is 1. The number of ketones is 1. The molecular formula is C23H24N2O3. The number of piperidine rings is 1. The number of hydrogen-bond donors (Lipinski definition) is 1. The zero-order chi connectivity index (χ0) is 19.5. The summed E-state index contributed by atoms with van der Waals surface area (Å²) in [5.74, 6) is 0.606. The topological polar surface area (TPSA) is 72.2 Å². The first-order valence-electron chi connectivity index (χ1n) is 9.76. The lowest BCUT2D eigenvalue weighted by atomic mass is 9.76. The molecule has 28 heavy (non-hydrogen) atoms. The number of rotatable bonds is 6. The van der Waals surface area contributed by atoms with Crippen LogP contribution in [0.5, 0.6) is 0 Å². The van der Waals surface area contributed by atoms with Crippen molar-refractivity contribution in [1.29, 1.82) is 0 Å². The van der Waals surface area contributed by atoms with Gasteiger partial charge in [0.15, 0.2) is 5.78 Å². The Morgan fingerprint density at radius 2 is 2.25 bits per heavy atom. The summed E-state index contributed by atoms with van der Waals surface area (Å²) in [6, 6.07) is 7.24. The van der Waals surface area contributed by atoms with E-state index in [4.69, 9.17) is 4.42 Å². The third-order valence-electron chi connectivity index (χ3n) is 5.73. The minimum atomic E-state index is -0.322. The number of allylic oxidation sites excluding steroid dienone is 4. The fourth-order valence-electron chi connectivity index (χ4n) is 4.28. The normalized spacial score (nSPS) is 22.5. The van der Waals surface area contributed by atoms with Crippen molar-refractivity contribution in [2.24, 2.45) is 17.8 Å². The Balaban J connectivity index is 1.54. The number of hydrogen-bond acceptors (Lipinski definition) is 4. The highest BCUT2D eigenvalue weighted by atomic mass is 16.3. The molecule has 3 heterocycles. The van der Waals surface area contributed by atoms with Crippen LogP contribution in [0.15, 0.2) is 70.8 Å². The molecule has 1 saturated heterocycles. The lowest BCUT2D eigenvalue weighted by Crippen LogP contribution is -2.42. The van der Waals surface area contributed by atoms with E-state index >= 15 is 0 Å². The Labute approximate surface area is 164 Å². The average molecular weight is 376 g/mol. The number of nitrogens with one attached hydrogen (secondary N) is 1. The first-order valence-corrected chi connectivity index (χ1v) is 9.76. The number of carbonyl (C=O) groups is 2. The van der Waals surface area contributed by atoms with Gasteiger partial charge in [0.2, 0.25) is 5.91 Å². The number of pyridine rings is 1. The number of carbonyl (C=O) groups excluding carboxylic acids is 2. The Morgan fingerprint density at radius 1 is 1.36 bits per heavy atom. The molecular weight excluding hydrogens is 352 g/mol. The molecule has 0 saturated carbocycles. The predicted molar refractivity (Wildman–Crippen MR) is 105 cm³/mol. The van der Waals surface area contributed by atoms with Gasteiger partial charge in [-0.25, -0.2) is 0 Å². The summed E-state index contributed by atoms with van der Waals surface area (Å²) in [5.41, 5.74) is 2.75. The monoisotopic (exact) mass is 376 g/mol. The van der Waals surface area contributed by atoms with Crippen LogP contribution in [0.4, 0.5) is 0 Å². The highest BCUT2D eigenvalue weighted by molar-refractivity contribution is 5.98. The van der Waals surface area contributed by atoms with Crippen molar-refractivity contribution in [1.82, 2.24) is 10.3 Å². The van der Waals surface area contributed by atoms with Gasteiger partial charge in [-0.15, -0.1) is 0 Å². The van der Waals surface area contributed by atoms with Crippen molar-refractivity contribution in [3.8, 4) is 0 Å². The molecule has 2 aromatic heterocycles. The van der Waals surface area contributed by atoms with Crippen molar-refractivity contribution in [2.75, 3.05) is 0 Å². The molecule has 0 spiro atoms. The van der Waals surface area contributed by atoms with E-state index in [9.17, 15) is 9.59 Å². The summed E-state index contributed by atoms with van der Waals surface area (Å²) in [5, 5.41) is 3.10. The number of nitrogens with zero attached hydrogens (tertiary/aromatic N) is 1. The predicted octanol–water partition coefficient (Wildman–Crippen LogP) is 4.09.